The van der Waals surface area contributed by atoms with E-state index in [9.17, 15) is 4.79 Å². The third-order valence-corrected chi connectivity index (χ3v) is 5.94. The maximum atomic E-state index is 12.7. The molecule has 0 N–H and O–H groups in total. The normalized spacial score (nSPS) is 34.2. The first kappa shape index (κ1) is 18.1. The molecule has 6 heteroatoms. The van der Waals surface area contributed by atoms with Gasteiger partial charge in [-0.05, 0) is 24.1 Å². The molecule has 0 bridgehead atoms. The summed E-state index contributed by atoms with van der Waals surface area (Å²) in [4.78, 5) is 12.7. The quantitative estimate of drug-likeness (QED) is 0.740. The van der Waals surface area contributed by atoms with Crippen molar-refractivity contribution in [2.45, 2.75) is 31.2 Å². The number of fused-ring (bicyclic) bond motifs is 2. The highest BCUT2D eigenvalue weighted by Gasteiger charge is 2.63. The van der Waals surface area contributed by atoms with Gasteiger partial charge in [0.2, 0.25) is 6.79 Å². The van der Waals surface area contributed by atoms with Gasteiger partial charge in [0.15, 0.2) is 22.9 Å². The zero-order valence-corrected chi connectivity index (χ0v) is 15.8. The van der Waals surface area contributed by atoms with Gasteiger partial charge < -0.3 is 23.7 Å². The first-order chi connectivity index (χ1) is 13.1. The van der Waals surface area contributed by atoms with Crippen LogP contribution in [0.5, 0.6) is 11.5 Å². The Hall–Kier alpha value is -2.31. The number of methoxy groups -OCH3 is 2. The number of carbonyl (C=O) groups is 1. The van der Waals surface area contributed by atoms with E-state index in [1.807, 2.05) is 18.2 Å². The van der Waals surface area contributed by atoms with Crippen LogP contribution in [0.3, 0.4) is 0 Å². The van der Waals surface area contributed by atoms with Crippen molar-refractivity contribution < 1.29 is 28.5 Å². The summed E-state index contributed by atoms with van der Waals surface area (Å²) in [6.07, 6.45) is 3.08. The van der Waals surface area contributed by atoms with Crippen LogP contribution >= 0.6 is 0 Å². The Bertz CT molecular complexity index is 800. The third kappa shape index (κ3) is 2.51. The van der Waals surface area contributed by atoms with Crippen LogP contribution in [0.15, 0.2) is 42.7 Å². The lowest BCUT2D eigenvalue weighted by Gasteiger charge is -2.42. The van der Waals surface area contributed by atoms with E-state index in [1.165, 1.54) is 0 Å². The van der Waals surface area contributed by atoms with Gasteiger partial charge in [0, 0.05) is 19.1 Å². The molecule has 0 unspecified atom stereocenters. The van der Waals surface area contributed by atoms with Crippen molar-refractivity contribution in [2.24, 2.45) is 11.8 Å². The minimum Gasteiger partial charge on any atom is -0.498 e. The van der Waals surface area contributed by atoms with Crippen LogP contribution in [0.2, 0.25) is 0 Å². The standard InChI is InChI=1S/C21H24O6/c1-5-6-14-15(22)10-18(23-3)21(24-4)12(2)19(27-20(14)21)13-7-8-16-17(9-13)26-11-25-16/h5,7-10,12,14,19-20H,1,6,11H2,2-4H3/t12-,14-,19-,20+,21-/m0/s1. The molecule has 2 aliphatic heterocycles. The molecule has 0 amide bonds. The molecule has 6 nitrogen and oxygen atoms in total. The molecular formula is C21H24O6. The van der Waals surface area contributed by atoms with Gasteiger partial charge in [-0.3, -0.25) is 4.79 Å². The van der Waals surface area contributed by atoms with Gasteiger partial charge in [-0.15, -0.1) is 6.58 Å². The van der Waals surface area contributed by atoms with Gasteiger partial charge in [0.05, 0.1) is 19.1 Å². The molecule has 3 aliphatic rings. The summed E-state index contributed by atoms with van der Waals surface area (Å²) in [6, 6.07) is 5.79. The van der Waals surface area contributed by atoms with Crippen LogP contribution in [0.4, 0.5) is 0 Å². The molecule has 5 atom stereocenters. The first-order valence-electron chi connectivity index (χ1n) is 9.07. The number of hydrogen-bond acceptors (Lipinski definition) is 6. The summed E-state index contributed by atoms with van der Waals surface area (Å²) >= 11 is 0. The summed E-state index contributed by atoms with van der Waals surface area (Å²) in [7, 11) is 3.20. The highest BCUT2D eigenvalue weighted by atomic mass is 16.7. The van der Waals surface area contributed by atoms with Crippen molar-refractivity contribution in [1.29, 1.82) is 0 Å². The third-order valence-electron chi connectivity index (χ3n) is 5.94. The number of carbonyl (C=O) groups excluding carboxylic acids is 1. The number of allylic oxidation sites excluding steroid dienone is 2. The van der Waals surface area contributed by atoms with E-state index in [-0.39, 0.29) is 30.5 Å². The average molecular weight is 372 g/mol. The van der Waals surface area contributed by atoms with E-state index in [2.05, 4.69) is 13.5 Å². The number of rotatable bonds is 5. The summed E-state index contributed by atoms with van der Waals surface area (Å²) in [5.74, 6) is 1.47. The molecule has 0 saturated carbocycles. The van der Waals surface area contributed by atoms with Gasteiger partial charge >= 0.3 is 0 Å². The number of ketones is 1. The summed E-state index contributed by atoms with van der Waals surface area (Å²) in [5.41, 5.74) is 0.120. The molecule has 27 heavy (non-hydrogen) atoms. The minimum atomic E-state index is -0.836. The SMILES string of the molecule is C=CC[C@H]1C(=O)C=C(OC)[C@]2(OC)[C@@H]1O[C@H](c1ccc3c(c1)OCO3)[C@@H]2C. The lowest BCUT2D eigenvalue weighted by Crippen LogP contribution is -2.54. The second kappa shape index (κ2) is 6.69. The largest absolute Gasteiger partial charge is 0.498 e. The molecule has 0 radical (unpaired) electrons. The molecule has 0 spiro atoms. The highest BCUT2D eigenvalue weighted by Crippen LogP contribution is 2.55. The van der Waals surface area contributed by atoms with Crippen molar-refractivity contribution in [3.63, 3.8) is 0 Å². The molecular weight excluding hydrogens is 348 g/mol. The fraction of sp³-hybridized carbons (Fsp3) is 0.476. The molecule has 0 aromatic heterocycles. The van der Waals surface area contributed by atoms with Crippen molar-refractivity contribution in [1.82, 2.24) is 0 Å². The maximum absolute atomic E-state index is 12.7. The van der Waals surface area contributed by atoms with E-state index >= 15 is 0 Å². The number of benzene rings is 1. The Morgan fingerprint density at radius 2 is 2.07 bits per heavy atom. The molecule has 4 rings (SSSR count). The molecule has 144 valence electrons. The lowest BCUT2D eigenvalue weighted by atomic mass is 9.71. The first-order valence-corrected chi connectivity index (χ1v) is 9.07. The summed E-state index contributed by atoms with van der Waals surface area (Å²) < 4.78 is 29.0. The fourth-order valence-electron chi connectivity index (χ4n) is 4.62. The molecule has 2 heterocycles. The lowest BCUT2D eigenvalue weighted by molar-refractivity contribution is -0.141. The van der Waals surface area contributed by atoms with Gasteiger partial charge in [0.1, 0.15) is 11.9 Å². The Morgan fingerprint density at radius 1 is 1.30 bits per heavy atom. The topological polar surface area (TPSA) is 63.2 Å². The maximum Gasteiger partial charge on any atom is 0.231 e. The van der Waals surface area contributed by atoms with Crippen LogP contribution in [0.1, 0.15) is 25.0 Å². The molecule has 1 fully saturated rings. The van der Waals surface area contributed by atoms with Crippen molar-refractivity contribution in [2.75, 3.05) is 21.0 Å². The zero-order valence-electron chi connectivity index (χ0n) is 15.8. The predicted molar refractivity (Wildman–Crippen MR) is 97.5 cm³/mol. The average Bonchev–Trinajstić information content (AvgIpc) is 3.26. The second-order valence-electron chi connectivity index (χ2n) is 7.12. The number of ether oxygens (including phenoxy) is 5. The van der Waals surface area contributed by atoms with Crippen molar-refractivity contribution in [3.8, 4) is 11.5 Å². The predicted octanol–water partition coefficient (Wildman–Crippen LogP) is 3.18. The van der Waals surface area contributed by atoms with Crippen LogP contribution in [0, 0.1) is 11.8 Å². The van der Waals surface area contributed by atoms with Crippen LogP contribution in [-0.4, -0.2) is 38.5 Å². The molecule has 1 aromatic rings. The van der Waals surface area contributed by atoms with Crippen LogP contribution in [0.25, 0.3) is 0 Å². The van der Waals surface area contributed by atoms with Crippen molar-refractivity contribution >= 4 is 5.78 Å². The monoisotopic (exact) mass is 372 g/mol. The van der Waals surface area contributed by atoms with E-state index in [1.54, 1.807) is 26.4 Å². The van der Waals surface area contributed by atoms with E-state index < -0.39 is 11.7 Å². The van der Waals surface area contributed by atoms with Crippen LogP contribution in [-0.2, 0) is 19.0 Å². The smallest absolute Gasteiger partial charge is 0.231 e. The number of hydrogen-bond donors (Lipinski definition) is 0. The Morgan fingerprint density at radius 3 is 2.78 bits per heavy atom. The van der Waals surface area contributed by atoms with E-state index in [0.717, 1.165) is 11.3 Å². The van der Waals surface area contributed by atoms with Crippen molar-refractivity contribution in [3.05, 3.63) is 48.3 Å². The molecule has 1 aliphatic carbocycles. The van der Waals surface area contributed by atoms with Gasteiger partial charge in [-0.25, -0.2) is 0 Å². The Balaban J connectivity index is 1.78. The van der Waals surface area contributed by atoms with Crippen LogP contribution < -0.4 is 9.47 Å². The minimum absolute atomic E-state index is 0.0250. The fourth-order valence-corrected chi connectivity index (χ4v) is 4.62. The second-order valence-corrected chi connectivity index (χ2v) is 7.12. The molecule has 1 aromatic carbocycles. The zero-order chi connectivity index (χ0) is 19.2. The summed E-state index contributed by atoms with van der Waals surface area (Å²) in [5, 5.41) is 0. The Labute approximate surface area is 158 Å². The summed E-state index contributed by atoms with van der Waals surface area (Å²) in [6.45, 7) is 6.08. The van der Waals surface area contributed by atoms with Gasteiger partial charge in [-0.2, -0.15) is 0 Å². The van der Waals surface area contributed by atoms with E-state index in [0.29, 0.717) is 17.9 Å². The Kier molecular flexibility index (Phi) is 4.48. The highest BCUT2D eigenvalue weighted by molar-refractivity contribution is 5.94. The van der Waals surface area contributed by atoms with Gasteiger partial charge in [0.25, 0.3) is 0 Å². The van der Waals surface area contributed by atoms with Gasteiger partial charge in [-0.1, -0.05) is 19.1 Å². The van der Waals surface area contributed by atoms with E-state index in [4.69, 9.17) is 23.7 Å². The molecule has 1 saturated heterocycles.